The fraction of sp³-hybridized carbons (Fsp3) is 0.750. The quantitative estimate of drug-likeness (QED) is 0.238. The van der Waals surface area contributed by atoms with Gasteiger partial charge in [0.05, 0.1) is 13.2 Å². The molecule has 2 aliphatic rings. The summed E-state index contributed by atoms with van der Waals surface area (Å²) < 4.78 is 7.41. The van der Waals surface area contributed by atoms with E-state index in [-0.39, 0.29) is 24.0 Å². The Morgan fingerprint density at radius 3 is 2.66 bits per heavy atom. The summed E-state index contributed by atoms with van der Waals surface area (Å²) in [6, 6.07) is 0. The summed E-state index contributed by atoms with van der Waals surface area (Å²) in [4.78, 5) is 7.17. The highest BCUT2D eigenvalue weighted by Crippen LogP contribution is 2.19. The van der Waals surface area contributed by atoms with Crippen LogP contribution in [0.5, 0.6) is 0 Å². The lowest BCUT2D eigenvalue weighted by atomic mass is 9.97. The lowest BCUT2D eigenvalue weighted by molar-refractivity contribution is 0.0389. The zero-order valence-corrected chi connectivity index (χ0v) is 20.2. The summed E-state index contributed by atoms with van der Waals surface area (Å²) in [5.41, 5.74) is 1.58. The molecule has 0 amide bonds. The molecule has 2 N–H and O–H groups in total. The van der Waals surface area contributed by atoms with E-state index in [0.717, 1.165) is 70.0 Å². The molecule has 2 heterocycles. The van der Waals surface area contributed by atoms with Gasteiger partial charge in [0.25, 0.3) is 0 Å². The number of morpholine rings is 1. The van der Waals surface area contributed by atoms with E-state index in [9.17, 15) is 0 Å². The summed E-state index contributed by atoms with van der Waals surface area (Å²) in [7, 11) is 1.98. The normalized spacial score (nSPS) is 18.1. The van der Waals surface area contributed by atoms with Gasteiger partial charge in [-0.15, -0.1) is 34.2 Å². The molecule has 8 nitrogen and oxygen atoms in total. The van der Waals surface area contributed by atoms with Gasteiger partial charge in [0.2, 0.25) is 0 Å². The third kappa shape index (κ3) is 8.21. The van der Waals surface area contributed by atoms with Crippen molar-refractivity contribution in [2.24, 2.45) is 12.0 Å². The van der Waals surface area contributed by atoms with E-state index in [1.165, 1.54) is 25.7 Å². The number of nitrogens with zero attached hydrogens (tertiary/aromatic N) is 5. The molecule has 0 saturated carbocycles. The Kier molecular flexibility index (Phi) is 10.9. The molecule has 164 valence electrons. The van der Waals surface area contributed by atoms with E-state index in [2.05, 4.69) is 31.8 Å². The molecular formula is C20H36IN7O. The number of rotatable bonds is 8. The lowest BCUT2D eigenvalue weighted by Gasteiger charge is -2.26. The minimum absolute atomic E-state index is 0. The van der Waals surface area contributed by atoms with Crippen LogP contribution in [0.15, 0.2) is 16.6 Å². The van der Waals surface area contributed by atoms with Crippen molar-refractivity contribution in [1.82, 2.24) is 30.3 Å². The number of aryl methyl sites for hydroxylation is 1. The lowest BCUT2D eigenvalue weighted by Crippen LogP contribution is -2.44. The molecule has 1 aliphatic carbocycles. The largest absolute Gasteiger partial charge is 0.379 e. The fourth-order valence-electron chi connectivity index (χ4n) is 3.54. The van der Waals surface area contributed by atoms with Crippen molar-refractivity contribution in [1.29, 1.82) is 0 Å². The van der Waals surface area contributed by atoms with Crippen molar-refractivity contribution in [3.05, 3.63) is 23.3 Å². The molecule has 0 aromatic carbocycles. The fourth-order valence-corrected chi connectivity index (χ4v) is 3.54. The minimum atomic E-state index is 0. The molecule has 3 rings (SSSR count). The molecule has 0 atom stereocenters. The monoisotopic (exact) mass is 517 g/mol. The van der Waals surface area contributed by atoms with Crippen molar-refractivity contribution in [2.75, 3.05) is 45.9 Å². The summed E-state index contributed by atoms with van der Waals surface area (Å²) >= 11 is 0. The number of hydrogen-bond acceptors (Lipinski definition) is 5. The van der Waals surface area contributed by atoms with Gasteiger partial charge in [0.1, 0.15) is 12.4 Å². The first-order chi connectivity index (χ1) is 13.7. The third-order valence-corrected chi connectivity index (χ3v) is 5.51. The number of allylic oxidation sites excluding steroid dienone is 1. The maximum absolute atomic E-state index is 5.42. The van der Waals surface area contributed by atoms with Gasteiger partial charge in [-0.25, -0.2) is 4.99 Å². The van der Waals surface area contributed by atoms with Gasteiger partial charge in [-0.2, -0.15) is 0 Å². The molecule has 0 unspecified atom stereocenters. The van der Waals surface area contributed by atoms with E-state index >= 15 is 0 Å². The zero-order valence-electron chi connectivity index (χ0n) is 17.8. The number of halogens is 1. The number of nitrogens with one attached hydrogen (secondary N) is 2. The Balaban J connectivity index is 0.00000300. The number of guanidine groups is 1. The molecular weight excluding hydrogens is 481 g/mol. The van der Waals surface area contributed by atoms with E-state index in [1.807, 2.05) is 18.5 Å². The molecule has 1 aromatic rings. The number of hydrogen-bond donors (Lipinski definition) is 2. The minimum Gasteiger partial charge on any atom is -0.379 e. The first kappa shape index (κ1) is 24.1. The Morgan fingerprint density at radius 1 is 1.17 bits per heavy atom. The van der Waals surface area contributed by atoms with Crippen LogP contribution in [-0.2, 0) is 18.3 Å². The van der Waals surface area contributed by atoms with Gasteiger partial charge in [-0.3, -0.25) is 4.90 Å². The number of ether oxygens (including phenoxy) is 1. The smallest absolute Gasteiger partial charge is 0.191 e. The van der Waals surface area contributed by atoms with Gasteiger partial charge in [0, 0.05) is 39.8 Å². The molecule has 29 heavy (non-hydrogen) atoms. The van der Waals surface area contributed by atoms with Crippen molar-refractivity contribution in [2.45, 2.75) is 45.6 Å². The third-order valence-electron chi connectivity index (χ3n) is 5.51. The maximum atomic E-state index is 5.42. The average Bonchev–Trinajstić information content (AvgIpc) is 3.05. The number of aliphatic imine (C=N–C) groups is 1. The first-order valence-corrected chi connectivity index (χ1v) is 10.6. The highest BCUT2D eigenvalue weighted by molar-refractivity contribution is 14.0. The first-order valence-electron chi connectivity index (χ1n) is 10.6. The van der Waals surface area contributed by atoms with E-state index < -0.39 is 0 Å². The highest BCUT2D eigenvalue weighted by Gasteiger charge is 2.10. The topological polar surface area (TPSA) is 79.6 Å². The molecule has 0 spiro atoms. The van der Waals surface area contributed by atoms with E-state index in [1.54, 1.807) is 5.57 Å². The van der Waals surface area contributed by atoms with Gasteiger partial charge < -0.3 is 19.9 Å². The summed E-state index contributed by atoms with van der Waals surface area (Å²) in [6.07, 6.45) is 8.65. The molecule has 1 aromatic heterocycles. The molecule has 1 aliphatic heterocycles. The summed E-state index contributed by atoms with van der Waals surface area (Å²) in [6.45, 7) is 8.93. The Labute approximate surface area is 191 Å². The van der Waals surface area contributed by atoms with Crippen LogP contribution < -0.4 is 10.6 Å². The van der Waals surface area contributed by atoms with Crippen molar-refractivity contribution >= 4 is 29.9 Å². The van der Waals surface area contributed by atoms with Gasteiger partial charge in [-0.05, 0) is 39.0 Å². The van der Waals surface area contributed by atoms with Crippen LogP contribution in [0.3, 0.4) is 0 Å². The standard InChI is InChI=1S/C20H35N7O.HI/c1-17-24-25-19(26(17)2)16-23-20(21-9-8-18-6-4-3-5-7-18)22-10-11-27-12-14-28-15-13-27;/h6H,3-5,7-16H2,1-2H3,(H2,21,22,23);1H. The van der Waals surface area contributed by atoms with Crippen LogP contribution in [0.25, 0.3) is 0 Å². The van der Waals surface area contributed by atoms with Crippen LogP contribution in [0.4, 0.5) is 0 Å². The van der Waals surface area contributed by atoms with Crippen LogP contribution in [-0.4, -0.2) is 71.6 Å². The van der Waals surface area contributed by atoms with Crippen molar-refractivity contribution < 1.29 is 4.74 Å². The van der Waals surface area contributed by atoms with Crippen LogP contribution in [0.2, 0.25) is 0 Å². The predicted octanol–water partition coefficient (Wildman–Crippen LogP) is 2.00. The molecule has 0 bridgehead atoms. The van der Waals surface area contributed by atoms with E-state index in [4.69, 9.17) is 9.73 Å². The Bertz CT molecular complexity index is 668. The zero-order chi connectivity index (χ0) is 19.6. The van der Waals surface area contributed by atoms with E-state index in [0.29, 0.717) is 6.54 Å². The highest BCUT2D eigenvalue weighted by atomic mass is 127. The van der Waals surface area contributed by atoms with Crippen molar-refractivity contribution in [3.63, 3.8) is 0 Å². The molecule has 9 heteroatoms. The maximum Gasteiger partial charge on any atom is 0.191 e. The second-order valence-corrected chi connectivity index (χ2v) is 7.55. The molecule has 1 saturated heterocycles. The molecule has 1 fully saturated rings. The second kappa shape index (κ2) is 13.2. The summed E-state index contributed by atoms with van der Waals surface area (Å²) in [5.74, 6) is 2.64. The van der Waals surface area contributed by atoms with Crippen LogP contribution in [0, 0.1) is 6.92 Å². The summed E-state index contributed by atoms with van der Waals surface area (Å²) in [5, 5.41) is 15.3. The van der Waals surface area contributed by atoms with Gasteiger partial charge >= 0.3 is 0 Å². The predicted molar refractivity (Wildman–Crippen MR) is 127 cm³/mol. The Hall–Kier alpha value is -1.20. The number of aromatic nitrogens is 3. The second-order valence-electron chi connectivity index (χ2n) is 7.55. The average molecular weight is 517 g/mol. The Morgan fingerprint density at radius 2 is 1.97 bits per heavy atom. The molecule has 0 radical (unpaired) electrons. The van der Waals surface area contributed by atoms with Crippen LogP contribution >= 0.6 is 24.0 Å². The van der Waals surface area contributed by atoms with Gasteiger partial charge in [0.15, 0.2) is 11.8 Å². The van der Waals surface area contributed by atoms with Gasteiger partial charge in [-0.1, -0.05) is 11.6 Å². The SMILES string of the molecule is Cc1nnc(CN=C(NCCC2=CCCCC2)NCCN2CCOCC2)n1C.I. The van der Waals surface area contributed by atoms with Crippen LogP contribution in [0.1, 0.15) is 43.8 Å². The van der Waals surface area contributed by atoms with Crippen molar-refractivity contribution in [3.8, 4) is 0 Å².